The van der Waals surface area contributed by atoms with Crippen molar-refractivity contribution in [2.75, 3.05) is 34.8 Å². The van der Waals surface area contributed by atoms with Gasteiger partial charge in [0.05, 0.1) is 0 Å². The Balaban J connectivity index is 2.08. The van der Waals surface area contributed by atoms with Gasteiger partial charge in [-0.05, 0) is 13.3 Å². The van der Waals surface area contributed by atoms with E-state index in [0.29, 0.717) is 6.04 Å². The molecule has 1 aliphatic heterocycles. The Morgan fingerprint density at radius 1 is 1.53 bits per heavy atom. The molecule has 1 N–H and O–H groups in total. The lowest BCUT2D eigenvalue weighted by atomic mass is 10.3. The van der Waals surface area contributed by atoms with E-state index in [1.54, 1.807) is 6.33 Å². The average Bonchev–Trinajstić information content (AvgIpc) is 2.37. The molecule has 4 nitrogen and oxygen atoms in total. The molecule has 0 amide bonds. The van der Waals surface area contributed by atoms with Crippen LogP contribution in [0.2, 0.25) is 0 Å². The van der Waals surface area contributed by atoms with Gasteiger partial charge in [-0.1, -0.05) is 6.92 Å². The maximum atomic E-state index is 4.39. The zero-order valence-corrected chi connectivity index (χ0v) is 11.3. The van der Waals surface area contributed by atoms with Gasteiger partial charge in [0.15, 0.2) is 0 Å². The van der Waals surface area contributed by atoms with E-state index in [0.717, 1.165) is 31.1 Å². The summed E-state index contributed by atoms with van der Waals surface area (Å²) in [6.45, 7) is 6.45. The van der Waals surface area contributed by atoms with Crippen LogP contribution in [-0.2, 0) is 0 Å². The van der Waals surface area contributed by atoms with Gasteiger partial charge in [-0.15, -0.1) is 0 Å². The van der Waals surface area contributed by atoms with Crippen molar-refractivity contribution in [3.8, 4) is 0 Å². The summed E-state index contributed by atoms with van der Waals surface area (Å²) in [5, 5.41) is 3.31. The van der Waals surface area contributed by atoms with E-state index in [1.165, 1.54) is 11.5 Å². The van der Waals surface area contributed by atoms with Crippen LogP contribution in [0.1, 0.15) is 20.3 Å². The predicted molar refractivity (Wildman–Crippen MR) is 74.9 cm³/mol. The predicted octanol–water partition coefficient (Wildman–Crippen LogP) is 2.24. The summed E-state index contributed by atoms with van der Waals surface area (Å²) in [5.74, 6) is 4.35. The Kier molecular flexibility index (Phi) is 4.48. The van der Waals surface area contributed by atoms with Gasteiger partial charge in [0, 0.05) is 36.7 Å². The summed E-state index contributed by atoms with van der Waals surface area (Å²) in [6, 6.07) is 2.62. The molecular formula is C12H20N4S. The Bertz CT molecular complexity index is 358. The van der Waals surface area contributed by atoms with Crippen LogP contribution in [0.3, 0.4) is 0 Å². The van der Waals surface area contributed by atoms with Crippen molar-refractivity contribution in [2.45, 2.75) is 26.3 Å². The molecule has 2 rings (SSSR count). The van der Waals surface area contributed by atoms with Crippen LogP contribution in [-0.4, -0.2) is 40.6 Å². The largest absolute Gasteiger partial charge is 0.370 e. The molecule has 1 saturated heterocycles. The summed E-state index contributed by atoms with van der Waals surface area (Å²) in [7, 11) is 0. The van der Waals surface area contributed by atoms with Gasteiger partial charge in [0.25, 0.3) is 0 Å². The van der Waals surface area contributed by atoms with Crippen LogP contribution in [0.5, 0.6) is 0 Å². The molecule has 1 aliphatic rings. The number of nitrogens with one attached hydrogen (secondary N) is 1. The van der Waals surface area contributed by atoms with Crippen molar-refractivity contribution in [1.82, 2.24) is 9.97 Å². The standard InChI is InChI=1S/C12H20N4S/c1-3-4-13-11-7-12(15-9-14-11)16-5-6-17-8-10(16)2/h7,9-10H,3-6,8H2,1-2H3,(H,13,14,15). The fraction of sp³-hybridized carbons (Fsp3) is 0.667. The molecule has 0 aliphatic carbocycles. The SMILES string of the molecule is CCCNc1cc(N2CCSCC2C)ncn1. The highest BCUT2D eigenvalue weighted by Crippen LogP contribution is 2.23. The third-order valence-electron chi connectivity index (χ3n) is 2.87. The van der Waals surface area contributed by atoms with Crippen molar-refractivity contribution in [3.63, 3.8) is 0 Å². The van der Waals surface area contributed by atoms with Crippen molar-refractivity contribution in [2.24, 2.45) is 0 Å². The summed E-state index contributed by atoms with van der Waals surface area (Å²) in [6.07, 6.45) is 2.76. The highest BCUT2D eigenvalue weighted by atomic mass is 32.2. The number of hydrogen-bond acceptors (Lipinski definition) is 5. The molecule has 0 bridgehead atoms. The van der Waals surface area contributed by atoms with Gasteiger partial charge in [0.2, 0.25) is 0 Å². The lowest BCUT2D eigenvalue weighted by Crippen LogP contribution is -2.40. The Morgan fingerprint density at radius 3 is 3.18 bits per heavy atom. The molecule has 17 heavy (non-hydrogen) atoms. The summed E-state index contributed by atoms with van der Waals surface area (Å²) < 4.78 is 0. The first kappa shape index (κ1) is 12.5. The normalized spacial score (nSPS) is 20.4. The number of rotatable bonds is 4. The van der Waals surface area contributed by atoms with Crippen LogP contribution in [0.4, 0.5) is 11.6 Å². The van der Waals surface area contributed by atoms with Gasteiger partial charge >= 0.3 is 0 Å². The van der Waals surface area contributed by atoms with Gasteiger partial charge in [-0.25, -0.2) is 9.97 Å². The van der Waals surface area contributed by atoms with Crippen LogP contribution >= 0.6 is 11.8 Å². The maximum Gasteiger partial charge on any atom is 0.134 e. The highest BCUT2D eigenvalue weighted by Gasteiger charge is 2.20. The second-order valence-corrected chi connectivity index (χ2v) is 5.46. The van der Waals surface area contributed by atoms with Crippen LogP contribution in [0, 0.1) is 0 Å². The molecule has 5 heteroatoms. The second kappa shape index (κ2) is 6.10. The summed E-state index contributed by atoms with van der Waals surface area (Å²) >= 11 is 2.02. The van der Waals surface area contributed by atoms with E-state index in [2.05, 4.69) is 40.1 Å². The third-order valence-corrected chi connectivity index (χ3v) is 4.06. The topological polar surface area (TPSA) is 41.0 Å². The van der Waals surface area contributed by atoms with E-state index < -0.39 is 0 Å². The average molecular weight is 252 g/mol. The Hall–Kier alpha value is -0.970. The Labute approximate surface area is 107 Å². The minimum absolute atomic E-state index is 0.558. The zero-order chi connectivity index (χ0) is 12.1. The van der Waals surface area contributed by atoms with Gasteiger partial charge in [-0.2, -0.15) is 11.8 Å². The van der Waals surface area contributed by atoms with Crippen LogP contribution < -0.4 is 10.2 Å². The summed E-state index contributed by atoms with van der Waals surface area (Å²) in [5.41, 5.74) is 0. The number of anilines is 2. The molecule has 2 heterocycles. The van der Waals surface area contributed by atoms with E-state index in [1.807, 2.05) is 11.8 Å². The molecule has 0 spiro atoms. The smallest absolute Gasteiger partial charge is 0.134 e. The minimum atomic E-state index is 0.558. The highest BCUT2D eigenvalue weighted by molar-refractivity contribution is 7.99. The number of nitrogens with zero attached hydrogens (tertiary/aromatic N) is 3. The van der Waals surface area contributed by atoms with E-state index >= 15 is 0 Å². The van der Waals surface area contributed by atoms with Gasteiger partial charge in [0.1, 0.15) is 18.0 Å². The van der Waals surface area contributed by atoms with E-state index in [9.17, 15) is 0 Å². The molecule has 0 radical (unpaired) electrons. The van der Waals surface area contributed by atoms with E-state index in [-0.39, 0.29) is 0 Å². The van der Waals surface area contributed by atoms with Crippen LogP contribution in [0.15, 0.2) is 12.4 Å². The third kappa shape index (κ3) is 3.25. The number of aromatic nitrogens is 2. The molecule has 1 atom stereocenters. The van der Waals surface area contributed by atoms with Crippen molar-refractivity contribution >= 4 is 23.4 Å². The fourth-order valence-electron chi connectivity index (χ4n) is 1.92. The molecule has 1 aromatic rings. The molecular weight excluding hydrogens is 232 g/mol. The monoisotopic (exact) mass is 252 g/mol. The maximum absolute atomic E-state index is 4.39. The van der Waals surface area contributed by atoms with Gasteiger partial charge in [-0.3, -0.25) is 0 Å². The molecule has 0 aromatic carbocycles. The van der Waals surface area contributed by atoms with E-state index in [4.69, 9.17) is 0 Å². The van der Waals surface area contributed by atoms with Crippen molar-refractivity contribution < 1.29 is 0 Å². The minimum Gasteiger partial charge on any atom is -0.370 e. The first-order valence-electron chi connectivity index (χ1n) is 6.21. The van der Waals surface area contributed by atoms with Crippen molar-refractivity contribution in [1.29, 1.82) is 0 Å². The summed E-state index contributed by atoms with van der Waals surface area (Å²) in [4.78, 5) is 11.0. The van der Waals surface area contributed by atoms with Crippen molar-refractivity contribution in [3.05, 3.63) is 12.4 Å². The first-order chi connectivity index (χ1) is 8.31. The molecule has 1 fully saturated rings. The quantitative estimate of drug-likeness (QED) is 0.890. The first-order valence-corrected chi connectivity index (χ1v) is 7.37. The Morgan fingerprint density at radius 2 is 2.41 bits per heavy atom. The zero-order valence-electron chi connectivity index (χ0n) is 10.5. The lowest BCUT2D eigenvalue weighted by Gasteiger charge is -2.34. The van der Waals surface area contributed by atoms with Gasteiger partial charge < -0.3 is 10.2 Å². The molecule has 94 valence electrons. The van der Waals surface area contributed by atoms with Crippen LogP contribution in [0.25, 0.3) is 0 Å². The molecule has 1 unspecified atom stereocenters. The fourth-order valence-corrected chi connectivity index (χ4v) is 2.93. The lowest BCUT2D eigenvalue weighted by molar-refractivity contribution is 0.688. The second-order valence-electron chi connectivity index (χ2n) is 4.31. The molecule has 0 saturated carbocycles. The number of thioether (sulfide) groups is 1. The molecule has 1 aromatic heterocycles. The number of hydrogen-bond donors (Lipinski definition) is 1.